The van der Waals surface area contributed by atoms with Crippen LogP contribution in [0.25, 0.3) is 0 Å². The number of fused-ring (bicyclic) bond motifs is 1. The fourth-order valence-electron chi connectivity index (χ4n) is 2.86. The molecule has 7 heteroatoms. The van der Waals surface area contributed by atoms with Gasteiger partial charge in [0.2, 0.25) is 0 Å². The van der Waals surface area contributed by atoms with Crippen molar-refractivity contribution in [2.75, 3.05) is 19.8 Å². The minimum atomic E-state index is -3.90. The average Bonchev–Trinajstić information content (AvgIpc) is 2.60. The van der Waals surface area contributed by atoms with Crippen molar-refractivity contribution in [3.05, 3.63) is 58.1 Å². The third-order valence-corrected chi connectivity index (χ3v) is 6.22. The molecule has 0 saturated heterocycles. The zero-order chi connectivity index (χ0) is 18.1. The Morgan fingerprint density at radius 3 is 2.64 bits per heavy atom. The first kappa shape index (κ1) is 18.4. The molecule has 134 valence electrons. The van der Waals surface area contributed by atoms with Crippen LogP contribution in [0.5, 0.6) is 5.75 Å². The monoisotopic (exact) mass is 426 g/mol. The lowest BCUT2D eigenvalue weighted by Crippen LogP contribution is -2.41. The van der Waals surface area contributed by atoms with Crippen molar-refractivity contribution in [1.29, 1.82) is 0 Å². The van der Waals surface area contributed by atoms with Crippen LogP contribution in [0.1, 0.15) is 17.5 Å². The van der Waals surface area contributed by atoms with Gasteiger partial charge in [0.25, 0.3) is 10.1 Å². The van der Waals surface area contributed by atoms with Gasteiger partial charge < -0.3 is 9.84 Å². The summed E-state index contributed by atoms with van der Waals surface area (Å²) in [4.78, 5) is 0.104. The normalized spacial score (nSPS) is 20.0. The van der Waals surface area contributed by atoms with Crippen LogP contribution in [0.2, 0.25) is 0 Å². The van der Waals surface area contributed by atoms with Gasteiger partial charge in [-0.1, -0.05) is 33.6 Å². The van der Waals surface area contributed by atoms with Crippen LogP contribution in [0, 0.1) is 6.92 Å². The largest absolute Gasteiger partial charge is 0.493 e. The Morgan fingerprint density at radius 1 is 1.24 bits per heavy atom. The number of aliphatic hydroxyl groups excluding tert-OH is 1. The van der Waals surface area contributed by atoms with Crippen LogP contribution in [0.4, 0.5) is 0 Å². The lowest BCUT2D eigenvalue weighted by molar-refractivity contribution is 0.0902. The van der Waals surface area contributed by atoms with Crippen LogP contribution >= 0.6 is 15.9 Å². The van der Waals surface area contributed by atoms with Crippen LogP contribution < -0.4 is 4.74 Å². The highest BCUT2D eigenvalue weighted by Crippen LogP contribution is 2.40. The molecule has 0 spiro atoms. The maximum Gasteiger partial charge on any atom is 0.297 e. The Labute approximate surface area is 155 Å². The lowest BCUT2D eigenvalue weighted by Gasteiger charge is -2.37. The van der Waals surface area contributed by atoms with E-state index in [1.165, 1.54) is 12.1 Å². The summed E-state index contributed by atoms with van der Waals surface area (Å²) in [7, 11) is -3.90. The highest BCUT2D eigenvalue weighted by Gasteiger charge is 2.39. The summed E-state index contributed by atoms with van der Waals surface area (Å²) in [6.07, 6.45) is 0.469. The van der Waals surface area contributed by atoms with Gasteiger partial charge in [0.15, 0.2) is 0 Å². The molecular weight excluding hydrogens is 408 g/mol. The van der Waals surface area contributed by atoms with E-state index in [-0.39, 0.29) is 18.1 Å². The number of hydrogen-bond donors (Lipinski definition) is 1. The first-order valence-corrected chi connectivity index (χ1v) is 10.1. The SMILES string of the molecule is Cc1ccc(S(=O)(=O)OCC2(CO)CCOc3ccc(Br)cc32)cc1. The molecule has 0 radical (unpaired) electrons. The Balaban J connectivity index is 1.89. The van der Waals surface area contributed by atoms with Crippen molar-refractivity contribution in [3.63, 3.8) is 0 Å². The van der Waals surface area contributed by atoms with E-state index in [0.29, 0.717) is 18.8 Å². The maximum atomic E-state index is 12.5. The average molecular weight is 427 g/mol. The molecule has 0 amide bonds. The third kappa shape index (κ3) is 3.74. The number of hydrogen-bond acceptors (Lipinski definition) is 5. The Bertz CT molecular complexity index is 864. The predicted octanol–water partition coefficient (Wildman–Crippen LogP) is 3.18. The van der Waals surface area contributed by atoms with Crippen LogP contribution in [-0.4, -0.2) is 33.3 Å². The summed E-state index contributed by atoms with van der Waals surface area (Å²) in [5.74, 6) is 0.639. The van der Waals surface area contributed by atoms with E-state index < -0.39 is 15.5 Å². The smallest absolute Gasteiger partial charge is 0.297 e. The molecule has 1 heterocycles. The second kappa shape index (κ2) is 7.07. The summed E-state index contributed by atoms with van der Waals surface area (Å²) in [5, 5.41) is 10.0. The number of benzene rings is 2. The van der Waals surface area contributed by atoms with Gasteiger partial charge in [0, 0.05) is 10.0 Å². The van der Waals surface area contributed by atoms with Gasteiger partial charge in [-0.15, -0.1) is 0 Å². The van der Waals surface area contributed by atoms with Crippen molar-refractivity contribution in [2.45, 2.75) is 23.7 Å². The van der Waals surface area contributed by atoms with Crippen molar-refractivity contribution in [3.8, 4) is 5.75 Å². The molecular formula is C18H19BrO5S. The molecule has 2 aromatic rings. The van der Waals surface area contributed by atoms with Gasteiger partial charge in [-0.2, -0.15) is 8.42 Å². The Morgan fingerprint density at radius 2 is 1.96 bits per heavy atom. The van der Waals surface area contributed by atoms with Gasteiger partial charge in [-0.05, 0) is 43.7 Å². The van der Waals surface area contributed by atoms with E-state index in [4.69, 9.17) is 8.92 Å². The van der Waals surface area contributed by atoms with E-state index in [1.54, 1.807) is 18.2 Å². The van der Waals surface area contributed by atoms with Gasteiger partial charge in [-0.3, -0.25) is 4.18 Å². The molecule has 1 atom stereocenters. The summed E-state index contributed by atoms with van der Waals surface area (Å²) >= 11 is 3.41. The third-order valence-electron chi connectivity index (χ3n) is 4.45. The molecule has 3 rings (SSSR count). The highest BCUT2D eigenvalue weighted by molar-refractivity contribution is 9.10. The molecule has 0 saturated carbocycles. The molecule has 0 fully saturated rings. The van der Waals surface area contributed by atoms with E-state index in [0.717, 1.165) is 15.6 Å². The minimum absolute atomic E-state index is 0.104. The molecule has 1 aliphatic heterocycles. The molecule has 0 bridgehead atoms. The Hall–Kier alpha value is -1.41. The minimum Gasteiger partial charge on any atom is -0.493 e. The molecule has 1 aliphatic rings. The Kier molecular flexibility index (Phi) is 5.20. The van der Waals surface area contributed by atoms with E-state index in [2.05, 4.69) is 15.9 Å². The summed E-state index contributed by atoms with van der Waals surface area (Å²) in [6, 6.07) is 12.0. The summed E-state index contributed by atoms with van der Waals surface area (Å²) < 4.78 is 36.7. The fourth-order valence-corrected chi connectivity index (χ4v) is 4.20. The number of aryl methyl sites for hydroxylation is 1. The van der Waals surface area contributed by atoms with Crippen LogP contribution in [0.15, 0.2) is 51.8 Å². The van der Waals surface area contributed by atoms with Crippen LogP contribution in [-0.2, 0) is 19.7 Å². The van der Waals surface area contributed by atoms with Crippen molar-refractivity contribution in [2.24, 2.45) is 0 Å². The predicted molar refractivity (Wildman–Crippen MR) is 97.3 cm³/mol. The lowest BCUT2D eigenvalue weighted by atomic mass is 9.77. The molecule has 2 aromatic carbocycles. The topological polar surface area (TPSA) is 72.8 Å². The molecule has 0 aromatic heterocycles. The standard InChI is InChI=1S/C18H19BrO5S/c1-13-2-5-15(6-3-13)25(21,22)24-12-18(11-20)8-9-23-17-7-4-14(19)10-16(17)18/h2-7,10,20H,8-9,11-12H2,1H3. The van der Waals surface area contributed by atoms with E-state index in [9.17, 15) is 13.5 Å². The van der Waals surface area contributed by atoms with E-state index in [1.807, 2.05) is 19.1 Å². The van der Waals surface area contributed by atoms with Crippen LogP contribution in [0.3, 0.4) is 0 Å². The number of ether oxygens (including phenoxy) is 1. The molecule has 5 nitrogen and oxygen atoms in total. The summed E-state index contributed by atoms with van der Waals surface area (Å²) in [5.41, 5.74) is 0.887. The number of aliphatic hydroxyl groups is 1. The zero-order valence-electron chi connectivity index (χ0n) is 13.7. The number of halogens is 1. The molecule has 25 heavy (non-hydrogen) atoms. The van der Waals surface area contributed by atoms with Crippen molar-refractivity contribution in [1.82, 2.24) is 0 Å². The summed E-state index contributed by atoms with van der Waals surface area (Å²) in [6.45, 7) is 1.90. The molecule has 0 aliphatic carbocycles. The highest BCUT2D eigenvalue weighted by atomic mass is 79.9. The first-order chi connectivity index (χ1) is 11.9. The van der Waals surface area contributed by atoms with Crippen molar-refractivity contribution < 1.29 is 22.4 Å². The second-order valence-corrected chi connectivity index (χ2v) is 8.74. The van der Waals surface area contributed by atoms with Gasteiger partial charge in [0.1, 0.15) is 5.75 Å². The fraction of sp³-hybridized carbons (Fsp3) is 0.333. The van der Waals surface area contributed by atoms with Gasteiger partial charge in [0.05, 0.1) is 30.1 Å². The van der Waals surface area contributed by atoms with E-state index >= 15 is 0 Å². The number of rotatable bonds is 5. The van der Waals surface area contributed by atoms with Crippen molar-refractivity contribution >= 4 is 26.0 Å². The van der Waals surface area contributed by atoms with Gasteiger partial charge in [-0.25, -0.2) is 0 Å². The molecule has 1 unspecified atom stereocenters. The molecule has 1 N–H and O–H groups in total. The second-order valence-electron chi connectivity index (χ2n) is 6.21. The quantitative estimate of drug-likeness (QED) is 0.743. The zero-order valence-corrected chi connectivity index (χ0v) is 16.1. The first-order valence-electron chi connectivity index (χ1n) is 7.86. The maximum absolute atomic E-state index is 12.5. The van der Waals surface area contributed by atoms with Gasteiger partial charge >= 0.3 is 0 Å².